The number of nitrogens with two attached hydrogens (primary N) is 1. The minimum absolute atomic E-state index is 0.0310. The van der Waals surface area contributed by atoms with E-state index < -0.39 is 23.2 Å². The molecule has 0 radical (unpaired) electrons. The summed E-state index contributed by atoms with van der Waals surface area (Å²) < 4.78 is 25.9. The lowest BCUT2D eigenvalue weighted by Gasteiger charge is -2.08. The van der Waals surface area contributed by atoms with Crippen LogP contribution in [0.15, 0.2) is 30.5 Å². The van der Waals surface area contributed by atoms with Crippen molar-refractivity contribution in [3.63, 3.8) is 0 Å². The third-order valence-electron chi connectivity index (χ3n) is 2.22. The molecule has 0 unspecified atom stereocenters. The second-order valence-corrected chi connectivity index (χ2v) is 3.36. The first-order valence-corrected chi connectivity index (χ1v) is 4.78. The smallest absolute Gasteiger partial charge is 0.272 e. The van der Waals surface area contributed by atoms with Gasteiger partial charge in [-0.15, -0.1) is 0 Å². The molecule has 88 valence electrons. The molecule has 4 N–H and O–H groups in total. The van der Waals surface area contributed by atoms with Gasteiger partial charge in [0.2, 0.25) is 0 Å². The molecule has 6 heteroatoms. The highest BCUT2D eigenvalue weighted by Crippen LogP contribution is 2.24. The molecule has 0 aliphatic rings. The van der Waals surface area contributed by atoms with Gasteiger partial charge >= 0.3 is 0 Å². The Hall–Kier alpha value is -2.37. The molecule has 1 aromatic carbocycles. The van der Waals surface area contributed by atoms with E-state index >= 15 is 0 Å². The normalized spacial score (nSPS) is 10.2. The molecule has 0 saturated heterocycles. The molecule has 0 saturated carbocycles. The van der Waals surface area contributed by atoms with Crippen LogP contribution in [0.5, 0.6) is 0 Å². The number of nitrogens with one attached hydrogen (secondary N) is 2. The van der Waals surface area contributed by atoms with Crippen LogP contribution >= 0.6 is 0 Å². The van der Waals surface area contributed by atoms with Crippen molar-refractivity contribution in [1.82, 2.24) is 4.98 Å². The van der Waals surface area contributed by atoms with Gasteiger partial charge in [-0.1, -0.05) is 0 Å². The van der Waals surface area contributed by atoms with Crippen molar-refractivity contribution in [2.75, 3.05) is 11.1 Å². The third-order valence-corrected chi connectivity index (χ3v) is 2.22. The maximum atomic E-state index is 13.1. The first-order valence-electron chi connectivity index (χ1n) is 4.78. The molecule has 4 nitrogen and oxygen atoms in total. The van der Waals surface area contributed by atoms with Crippen molar-refractivity contribution in [3.05, 3.63) is 47.8 Å². The SMILES string of the molecule is Nc1c(NC(=O)c2ccc[nH]2)ccc(F)c1F. The van der Waals surface area contributed by atoms with Crippen molar-refractivity contribution >= 4 is 17.3 Å². The van der Waals surface area contributed by atoms with Crippen LogP contribution in [0.3, 0.4) is 0 Å². The van der Waals surface area contributed by atoms with Crippen LogP contribution in [0.4, 0.5) is 20.2 Å². The second kappa shape index (κ2) is 4.25. The van der Waals surface area contributed by atoms with E-state index in [0.717, 1.165) is 6.07 Å². The largest absolute Gasteiger partial charge is 0.395 e. The van der Waals surface area contributed by atoms with Gasteiger partial charge in [0, 0.05) is 6.20 Å². The number of carbonyl (C=O) groups excluding carboxylic acids is 1. The van der Waals surface area contributed by atoms with Crippen LogP contribution in [-0.2, 0) is 0 Å². The Morgan fingerprint density at radius 1 is 1.29 bits per heavy atom. The van der Waals surface area contributed by atoms with Crippen molar-refractivity contribution in [3.8, 4) is 0 Å². The first kappa shape index (κ1) is 11.1. The van der Waals surface area contributed by atoms with Gasteiger partial charge in [-0.05, 0) is 24.3 Å². The van der Waals surface area contributed by atoms with Gasteiger partial charge in [0.1, 0.15) is 5.69 Å². The number of hydrogen-bond donors (Lipinski definition) is 3. The predicted octanol–water partition coefficient (Wildman–Crippen LogP) is 2.13. The highest BCUT2D eigenvalue weighted by molar-refractivity contribution is 6.04. The number of carbonyl (C=O) groups is 1. The summed E-state index contributed by atoms with van der Waals surface area (Å²) >= 11 is 0. The van der Waals surface area contributed by atoms with E-state index in [0.29, 0.717) is 5.69 Å². The Bertz CT molecular complexity index is 552. The number of rotatable bonds is 2. The molecule has 0 bridgehead atoms. The molecule has 2 rings (SSSR count). The summed E-state index contributed by atoms with van der Waals surface area (Å²) in [6.45, 7) is 0. The monoisotopic (exact) mass is 237 g/mol. The van der Waals surface area contributed by atoms with E-state index in [9.17, 15) is 13.6 Å². The van der Waals surface area contributed by atoms with E-state index in [1.807, 2.05) is 0 Å². The highest BCUT2D eigenvalue weighted by Gasteiger charge is 2.13. The Morgan fingerprint density at radius 2 is 2.06 bits per heavy atom. The molecule has 0 fully saturated rings. The summed E-state index contributed by atoms with van der Waals surface area (Å²) in [6, 6.07) is 5.29. The summed E-state index contributed by atoms with van der Waals surface area (Å²) in [7, 11) is 0. The average Bonchev–Trinajstić information content (AvgIpc) is 2.83. The fourth-order valence-corrected chi connectivity index (χ4v) is 1.34. The van der Waals surface area contributed by atoms with Crippen LogP contribution < -0.4 is 11.1 Å². The molecule has 1 heterocycles. The standard InChI is InChI=1S/C11H9F2N3O/c12-6-3-4-7(10(14)9(6)13)16-11(17)8-2-1-5-15-8/h1-5,15H,14H2,(H,16,17). The lowest BCUT2D eigenvalue weighted by atomic mass is 10.2. The topological polar surface area (TPSA) is 70.9 Å². The molecule has 1 amide bonds. The van der Waals surface area contributed by atoms with E-state index in [2.05, 4.69) is 10.3 Å². The summed E-state index contributed by atoms with van der Waals surface area (Å²) in [5.41, 5.74) is 5.25. The number of halogens is 2. The number of hydrogen-bond acceptors (Lipinski definition) is 2. The van der Waals surface area contributed by atoms with Gasteiger partial charge in [-0.2, -0.15) is 0 Å². The molecular formula is C11H9F2N3O. The van der Waals surface area contributed by atoms with Crippen LogP contribution in [-0.4, -0.2) is 10.9 Å². The highest BCUT2D eigenvalue weighted by atomic mass is 19.2. The number of anilines is 2. The van der Waals surface area contributed by atoms with Crippen molar-refractivity contribution in [2.24, 2.45) is 0 Å². The zero-order valence-electron chi connectivity index (χ0n) is 8.63. The van der Waals surface area contributed by atoms with E-state index in [1.54, 1.807) is 18.3 Å². The van der Waals surface area contributed by atoms with Crippen molar-refractivity contribution < 1.29 is 13.6 Å². The van der Waals surface area contributed by atoms with Gasteiger partial charge in [0.25, 0.3) is 5.91 Å². The van der Waals surface area contributed by atoms with E-state index in [1.165, 1.54) is 6.07 Å². The predicted molar refractivity (Wildman–Crippen MR) is 59.5 cm³/mol. The number of H-pyrrole nitrogens is 1. The zero-order chi connectivity index (χ0) is 12.4. The summed E-state index contributed by atoms with van der Waals surface area (Å²) in [5.74, 6) is -2.71. The Kier molecular flexibility index (Phi) is 2.78. The molecule has 0 atom stereocenters. The van der Waals surface area contributed by atoms with Gasteiger partial charge < -0.3 is 16.0 Å². The lowest BCUT2D eigenvalue weighted by molar-refractivity contribution is 0.102. The number of nitrogen functional groups attached to an aromatic ring is 1. The zero-order valence-corrected chi connectivity index (χ0v) is 8.63. The van der Waals surface area contributed by atoms with Gasteiger partial charge in [-0.25, -0.2) is 8.78 Å². The summed E-state index contributed by atoms with van der Waals surface area (Å²) in [4.78, 5) is 14.3. The van der Waals surface area contributed by atoms with Crippen LogP contribution in [0.1, 0.15) is 10.5 Å². The van der Waals surface area contributed by atoms with Crippen molar-refractivity contribution in [1.29, 1.82) is 0 Å². The minimum atomic E-state index is -1.17. The molecule has 2 aromatic rings. The van der Waals surface area contributed by atoms with Crippen LogP contribution in [0, 0.1) is 11.6 Å². The number of benzene rings is 1. The molecule has 17 heavy (non-hydrogen) atoms. The Labute approximate surface area is 95.4 Å². The average molecular weight is 237 g/mol. The molecule has 0 aliphatic heterocycles. The fraction of sp³-hybridized carbons (Fsp3) is 0. The minimum Gasteiger partial charge on any atom is -0.395 e. The summed E-state index contributed by atoms with van der Waals surface area (Å²) in [6.07, 6.45) is 1.57. The lowest BCUT2D eigenvalue weighted by Crippen LogP contribution is -2.14. The maximum absolute atomic E-state index is 13.1. The Balaban J connectivity index is 2.25. The number of aromatic nitrogens is 1. The maximum Gasteiger partial charge on any atom is 0.272 e. The number of amides is 1. The van der Waals surface area contributed by atoms with Gasteiger partial charge in [-0.3, -0.25) is 4.79 Å². The molecule has 0 aliphatic carbocycles. The third kappa shape index (κ3) is 2.10. The molecular weight excluding hydrogens is 228 g/mol. The van der Waals surface area contributed by atoms with Crippen molar-refractivity contribution in [2.45, 2.75) is 0 Å². The quantitative estimate of drug-likeness (QED) is 0.700. The summed E-state index contributed by atoms with van der Waals surface area (Å²) in [5, 5.41) is 2.38. The molecule has 0 spiro atoms. The fourth-order valence-electron chi connectivity index (χ4n) is 1.34. The van der Waals surface area contributed by atoms with Crippen LogP contribution in [0.25, 0.3) is 0 Å². The second-order valence-electron chi connectivity index (χ2n) is 3.36. The van der Waals surface area contributed by atoms with Crippen LogP contribution in [0.2, 0.25) is 0 Å². The first-order chi connectivity index (χ1) is 8.09. The van der Waals surface area contributed by atoms with E-state index in [-0.39, 0.29) is 5.69 Å². The number of aromatic amines is 1. The van der Waals surface area contributed by atoms with Gasteiger partial charge in [0.15, 0.2) is 11.6 Å². The Morgan fingerprint density at radius 3 is 2.71 bits per heavy atom. The van der Waals surface area contributed by atoms with Gasteiger partial charge in [0.05, 0.1) is 11.4 Å². The molecule has 1 aromatic heterocycles. The van der Waals surface area contributed by atoms with E-state index in [4.69, 9.17) is 5.73 Å².